The molecule has 0 saturated carbocycles. The van der Waals surface area contributed by atoms with Gasteiger partial charge in [-0.05, 0) is 6.42 Å². The van der Waals surface area contributed by atoms with Crippen LogP contribution in [0.15, 0.2) is 15.0 Å². The molecule has 7 nitrogen and oxygen atoms in total. The van der Waals surface area contributed by atoms with E-state index in [1.807, 2.05) is 6.92 Å². The van der Waals surface area contributed by atoms with Crippen molar-refractivity contribution in [2.24, 2.45) is 20.7 Å². The van der Waals surface area contributed by atoms with Crippen LogP contribution in [0.1, 0.15) is 13.3 Å². The Kier molecular flexibility index (Phi) is 2.80. The summed E-state index contributed by atoms with van der Waals surface area (Å²) in [5.41, 5.74) is 6.08. The number of amidine groups is 1. The Bertz CT molecular complexity index is 401. The maximum absolute atomic E-state index is 11.6. The molecule has 2 heterocycles. The average Bonchev–Trinajstić information content (AvgIpc) is 2.65. The van der Waals surface area contributed by atoms with Gasteiger partial charge < -0.3 is 10.1 Å². The number of ether oxygens (including phenoxy) is 1. The largest absolute Gasteiger partial charge is 0.375 e. The smallest absolute Gasteiger partial charge is 0.276 e. The number of nitrogens with one attached hydrogen (secondary N) is 1. The van der Waals surface area contributed by atoms with Crippen molar-refractivity contribution in [3.8, 4) is 0 Å². The van der Waals surface area contributed by atoms with Crippen molar-refractivity contribution in [2.75, 3.05) is 13.2 Å². The van der Waals surface area contributed by atoms with Crippen molar-refractivity contribution < 1.29 is 9.53 Å². The Balaban J connectivity index is 2.12. The van der Waals surface area contributed by atoms with Gasteiger partial charge in [-0.3, -0.25) is 10.5 Å². The number of carbonyl (C=O) groups excluding carboxylic acids is 1. The summed E-state index contributed by atoms with van der Waals surface area (Å²) in [6.45, 7) is 2.68. The number of hydrogen-bond acceptors (Lipinski definition) is 6. The van der Waals surface area contributed by atoms with E-state index in [-0.39, 0.29) is 24.1 Å². The van der Waals surface area contributed by atoms with Gasteiger partial charge in [-0.25, -0.2) is 15.0 Å². The highest BCUT2D eigenvalue weighted by molar-refractivity contribution is 6.69. The number of fused-ring (bicyclic) bond motifs is 1. The fourth-order valence-electron chi connectivity index (χ4n) is 1.42. The van der Waals surface area contributed by atoms with Crippen molar-refractivity contribution in [1.82, 2.24) is 5.32 Å². The second-order valence-electron chi connectivity index (χ2n) is 3.59. The minimum atomic E-state index is -1.23. The van der Waals surface area contributed by atoms with Crippen LogP contribution in [0.4, 0.5) is 0 Å². The molecule has 0 saturated heterocycles. The van der Waals surface area contributed by atoms with Crippen LogP contribution >= 0.6 is 0 Å². The maximum atomic E-state index is 11.6. The van der Waals surface area contributed by atoms with Crippen molar-refractivity contribution in [1.29, 1.82) is 0 Å². The van der Waals surface area contributed by atoms with Gasteiger partial charge >= 0.3 is 0 Å². The zero-order valence-corrected chi connectivity index (χ0v) is 8.93. The third kappa shape index (κ3) is 2.00. The van der Waals surface area contributed by atoms with Crippen LogP contribution in [0, 0.1) is 0 Å². The number of rotatable bonds is 4. The fraction of sp³-hybridized carbons (Fsp3) is 0.556. The highest BCUT2D eigenvalue weighted by atomic mass is 16.5. The minimum absolute atomic E-state index is 0.124. The molecule has 86 valence electrons. The summed E-state index contributed by atoms with van der Waals surface area (Å²) < 4.78 is 5.28. The van der Waals surface area contributed by atoms with E-state index in [0.717, 1.165) is 6.42 Å². The predicted molar refractivity (Wildman–Crippen MR) is 59.5 cm³/mol. The standard InChI is InChI=1S/C9H13N5O2/c1-2-3-16-4-9(10)13-7-6(8(15)14-9)11-5-12-7/h5H,2-4,10H2,1H3,(H,14,15). The number of amides is 1. The SMILES string of the molecule is CCCOCC1(N)N=C2N=CN=C2C(=O)N1. The Morgan fingerprint density at radius 2 is 2.44 bits per heavy atom. The molecule has 2 aliphatic rings. The number of aliphatic imine (C=N–C) groups is 3. The van der Waals surface area contributed by atoms with Gasteiger partial charge in [0.25, 0.3) is 5.91 Å². The lowest BCUT2D eigenvalue weighted by Gasteiger charge is -2.29. The van der Waals surface area contributed by atoms with E-state index in [9.17, 15) is 4.79 Å². The minimum Gasteiger partial charge on any atom is -0.375 e. The van der Waals surface area contributed by atoms with Gasteiger partial charge in [-0.15, -0.1) is 0 Å². The first-order valence-electron chi connectivity index (χ1n) is 5.04. The quantitative estimate of drug-likeness (QED) is 0.600. The van der Waals surface area contributed by atoms with Crippen LogP contribution < -0.4 is 11.1 Å². The van der Waals surface area contributed by atoms with E-state index in [1.165, 1.54) is 6.34 Å². The van der Waals surface area contributed by atoms with Crippen molar-refractivity contribution >= 4 is 23.8 Å². The molecule has 2 rings (SSSR count). The van der Waals surface area contributed by atoms with E-state index in [0.29, 0.717) is 6.61 Å². The molecular weight excluding hydrogens is 210 g/mol. The molecule has 7 heteroatoms. The van der Waals surface area contributed by atoms with E-state index >= 15 is 0 Å². The van der Waals surface area contributed by atoms with E-state index < -0.39 is 5.79 Å². The summed E-state index contributed by atoms with van der Waals surface area (Å²) in [4.78, 5) is 23.3. The van der Waals surface area contributed by atoms with Gasteiger partial charge in [0.2, 0.25) is 5.79 Å². The topological polar surface area (TPSA) is 101 Å². The number of hydrogen-bond donors (Lipinski definition) is 2. The number of nitrogens with two attached hydrogens (primary N) is 1. The van der Waals surface area contributed by atoms with Crippen LogP contribution in [0.2, 0.25) is 0 Å². The van der Waals surface area contributed by atoms with Crippen LogP contribution in [0.5, 0.6) is 0 Å². The van der Waals surface area contributed by atoms with Crippen LogP contribution in [0.3, 0.4) is 0 Å². The van der Waals surface area contributed by atoms with Gasteiger partial charge in [0.05, 0.1) is 0 Å². The number of nitrogens with zero attached hydrogens (tertiary/aromatic N) is 3. The molecule has 0 bridgehead atoms. The Hall–Kier alpha value is -1.60. The lowest BCUT2D eigenvalue weighted by molar-refractivity contribution is -0.117. The van der Waals surface area contributed by atoms with E-state index in [1.54, 1.807) is 0 Å². The molecule has 3 N–H and O–H groups in total. The van der Waals surface area contributed by atoms with Crippen LogP contribution in [-0.2, 0) is 9.53 Å². The number of carbonyl (C=O) groups is 1. The normalized spacial score (nSPS) is 27.2. The molecular formula is C9H13N5O2. The first kappa shape index (κ1) is 10.9. The third-order valence-electron chi connectivity index (χ3n) is 2.10. The summed E-state index contributed by atoms with van der Waals surface area (Å²) in [6.07, 6.45) is 2.16. The summed E-state index contributed by atoms with van der Waals surface area (Å²) >= 11 is 0. The molecule has 0 spiro atoms. The summed E-state index contributed by atoms with van der Waals surface area (Å²) in [6, 6.07) is 0. The Morgan fingerprint density at radius 1 is 1.62 bits per heavy atom. The molecule has 1 atom stereocenters. The Morgan fingerprint density at radius 3 is 3.19 bits per heavy atom. The van der Waals surface area contributed by atoms with E-state index in [2.05, 4.69) is 20.3 Å². The summed E-state index contributed by atoms with van der Waals surface area (Å²) in [5, 5.41) is 2.54. The van der Waals surface area contributed by atoms with Crippen molar-refractivity contribution in [3.05, 3.63) is 0 Å². The molecule has 0 aromatic carbocycles. The molecule has 0 aliphatic carbocycles. The first-order chi connectivity index (χ1) is 7.64. The zero-order chi connectivity index (χ0) is 11.6. The second-order valence-corrected chi connectivity index (χ2v) is 3.59. The van der Waals surface area contributed by atoms with Gasteiger partial charge in [-0.2, -0.15) is 0 Å². The van der Waals surface area contributed by atoms with E-state index in [4.69, 9.17) is 10.5 Å². The van der Waals surface area contributed by atoms with Crippen LogP contribution in [-0.4, -0.2) is 42.8 Å². The van der Waals surface area contributed by atoms with Gasteiger partial charge in [0, 0.05) is 6.61 Å². The van der Waals surface area contributed by atoms with Gasteiger partial charge in [-0.1, -0.05) is 6.92 Å². The highest BCUT2D eigenvalue weighted by Gasteiger charge is 2.37. The molecule has 1 unspecified atom stereocenters. The molecule has 2 aliphatic heterocycles. The maximum Gasteiger partial charge on any atom is 0.276 e. The van der Waals surface area contributed by atoms with Gasteiger partial charge in [0.15, 0.2) is 11.5 Å². The van der Waals surface area contributed by atoms with Crippen LogP contribution in [0.25, 0.3) is 0 Å². The molecule has 0 fully saturated rings. The monoisotopic (exact) mass is 223 g/mol. The second kappa shape index (κ2) is 4.11. The predicted octanol–water partition coefficient (Wildman–Crippen LogP) is -0.963. The van der Waals surface area contributed by atoms with Crippen molar-refractivity contribution in [2.45, 2.75) is 19.1 Å². The fourth-order valence-corrected chi connectivity index (χ4v) is 1.42. The average molecular weight is 223 g/mol. The Labute approximate surface area is 92.5 Å². The molecule has 16 heavy (non-hydrogen) atoms. The summed E-state index contributed by atoms with van der Waals surface area (Å²) in [5.74, 6) is -1.33. The first-order valence-corrected chi connectivity index (χ1v) is 5.04. The lowest BCUT2D eigenvalue weighted by Crippen LogP contribution is -2.63. The third-order valence-corrected chi connectivity index (χ3v) is 2.10. The highest BCUT2D eigenvalue weighted by Crippen LogP contribution is 2.10. The van der Waals surface area contributed by atoms with Gasteiger partial charge in [0.1, 0.15) is 12.9 Å². The molecule has 0 aromatic heterocycles. The molecule has 1 amide bonds. The molecule has 0 aromatic rings. The lowest BCUT2D eigenvalue weighted by atomic mass is 10.2. The molecule has 0 radical (unpaired) electrons. The van der Waals surface area contributed by atoms with Crippen molar-refractivity contribution in [3.63, 3.8) is 0 Å². The zero-order valence-electron chi connectivity index (χ0n) is 8.93. The summed E-state index contributed by atoms with van der Waals surface area (Å²) in [7, 11) is 0.